The first-order valence-corrected chi connectivity index (χ1v) is 11.5. The fraction of sp³-hybridized carbons (Fsp3) is 0.130. The zero-order valence-corrected chi connectivity index (χ0v) is 21.5. The number of nitrogens with one attached hydrogen (secondary N) is 1. The average Bonchev–Trinajstić information content (AvgIpc) is 2.79. The van der Waals surface area contributed by atoms with E-state index in [9.17, 15) is 9.18 Å². The quantitative estimate of drug-likeness (QED) is 0.200. The van der Waals surface area contributed by atoms with Gasteiger partial charge in [0.1, 0.15) is 29.7 Å². The van der Waals surface area contributed by atoms with Gasteiger partial charge in [0.15, 0.2) is 0 Å². The number of ether oxygens (including phenoxy) is 3. The zero-order valence-electron chi connectivity index (χ0n) is 17.2. The number of carbonyl (C=O) groups excluding carboxylic acids is 1. The Bertz CT molecular complexity index is 1130. The van der Waals surface area contributed by atoms with Gasteiger partial charge in [0.05, 0.1) is 24.0 Å². The van der Waals surface area contributed by atoms with Crippen molar-refractivity contribution >= 4 is 57.3 Å². The lowest BCUT2D eigenvalue weighted by molar-refractivity contribution is 0.0954. The Kier molecular flexibility index (Phi) is 8.67. The molecule has 0 aromatic heterocycles. The molecule has 166 valence electrons. The molecule has 3 rings (SSSR count). The molecule has 9 heteroatoms. The first-order chi connectivity index (χ1) is 15.4. The Morgan fingerprint density at radius 2 is 1.75 bits per heavy atom. The maximum atomic E-state index is 13.9. The molecule has 0 atom stereocenters. The van der Waals surface area contributed by atoms with Crippen molar-refractivity contribution in [2.45, 2.75) is 6.61 Å². The van der Waals surface area contributed by atoms with Crippen molar-refractivity contribution in [1.29, 1.82) is 0 Å². The van der Waals surface area contributed by atoms with Crippen LogP contribution in [0.3, 0.4) is 0 Å². The minimum atomic E-state index is -0.424. The Balaban J connectivity index is 1.78. The van der Waals surface area contributed by atoms with Crippen molar-refractivity contribution in [2.75, 3.05) is 14.2 Å². The van der Waals surface area contributed by atoms with Crippen LogP contribution in [-0.2, 0) is 6.61 Å². The molecular weight excluding hydrogens is 641 g/mol. The van der Waals surface area contributed by atoms with Crippen molar-refractivity contribution in [3.05, 3.63) is 84.2 Å². The average molecular weight is 660 g/mol. The van der Waals surface area contributed by atoms with Gasteiger partial charge in [0.25, 0.3) is 5.91 Å². The highest BCUT2D eigenvalue weighted by atomic mass is 127. The van der Waals surface area contributed by atoms with E-state index >= 15 is 0 Å². The second kappa shape index (κ2) is 11.5. The van der Waals surface area contributed by atoms with Gasteiger partial charge in [-0.3, -0.25) is 4.79 Å². The first kappa shape index (κ1) is 24.2. The van der Waals surface area contributed by atoms with Crippen LogP contribution in [0, 0.1) is 13.0 Å². The molecule has 1 N–H and O–H groups in total. The van der Waals surface area contributed by atoms with Gasteiger partial charge in [-0.1, -0.05) is 18.2 Å². The Hall–Kier alpha value is -2.41. The molecule has 3 aromatic carbocycles. The number of methoxy groups -OCH3 is 2. The monoisotopic (exact) mass is 660 g/mol. The van der Waals surface area contributed by atoms with Crippen LogP contribution in [0.15, 0.2) is 59.7 Å². The van der Waals surface area contributed by atoms with Crippen LogP contribution in [-0.4, -0.2) is 26.3 Å². The van der Waals surface area contributed by atoms with E-state index in [0.717, 1.165) is 7.14 Å². The van der Waals surface area contributed by atoms with Crippen molar-refractivity contribution in [1.82, 2.24) is 5.43 Å². The van der Waals surface area contributed by atoms with Gasteiger partial charge in [0, 0.05) is 26.3 Å². The minimum absolute atomic E-state index is 0.0695. The summed E-state index contributed by atoms with van der Waals surface area (Å²) in [6.07, 6.45) is 1.50. The molecule has 6 nitrogen and oxygen atoms in total. The van der Waals surface area contributed by atoms with Gasteiger partial charge < -0.3 is 14.2 Å². The molecule has 0 spiro atoms. The van der Waals surface area contributed by atoms with Crippen molar-refractivity contribution in [3.63, 3.8) is 0 Å². The smallest absolute Gasteiger partial charge is 0.271 e. The molecule has 0 saturated heterocycles. The molecule has 3 aromatic rings. The van der Waals surface area contributed by atoms with E-state index < -0.39 is 5.91 Å². The van der Waals surface area contributed by atoms with E-state index in [1.807, 2.05) is 12.1 Å². The lowest BCUT2D eigenvalue weighted by Gasteiger charge is -2.12. The van der Waals surface area contributed by atoms with Crippen molar-refractivity contribution in [3.8, 4) is 17.2 Å². The molecule has 0 aliphatic carbocycles. The van der Waals surface area contributed by atoms with Gasteiger partial charge in [0.2, 0.25) is 0 Å². The molecule has 0 heterocycles. The summed E-state index contributed by atoms with van der Waals surface area (Å²) in [6.45, 7) is 0.0695. The Morgan fingerprint density at radius 3 is 2.41 bits per heavy atom. The maximum absolute atomic E-state index is 13.9. The topological polar surface area (TPSA) is 69.2 Å². The molecule has 0 aliphatic heterocycles. The Labute approximate surface area is 212 Å². The molecule has 32 heavy (non-hydrogen) atoms. The Morgan fingerprint density at radius 1 is 1.06 bits per heavy atom. The van der Waals surface area contributed by atoms with Gasteiger partial charge in [-0.25, -0.2) is 9.82 Å². The second-order valence-corrected chi connectivity index (χ2v) is 8.89. The molecule has 1 amide bonds. The summed E-state index contributed by atoms with van der Waals surface area (Å²) >= 11 is 4.34. The van der Waals surface area contributed by atoms with E-state index in [1.165, 1.54) is 26.5 Å². The lowest BCUT2D eigenvalue weighted by atomic mass is 10.2. The van der Waals surface area contributed by atoms with Crippen LogP contribution in [0.2, 0.25) is 0 Å². The van der Waals surface area contributed by atoms with Crippen LogP contribution in [0.4, 0.5) is 4.39 Å². The summed E-state index contributed by atoms with van der Waals surface area (Å²) in [6, 6.07) is 15.1. The predicted molar refractivity (Wildman–Crippen MR) is 137 cm³/mol. The van der Waals surface area contributed by atoms with Crippen LogP contribution >= 0.6 is 45.2 Å². The summed E-state index contributed by atoms with van der Waals surface area (Å²) in [4.78, 5) is 12.5. The summed E-state index contributed by atoms with van der Waals surface area (Å²) in [5.74, 6) is 0.788. The number of halogens is 3. The maximum Gasteiger partial charge on any atom is 0.271 e. The highest BCUT2D eigenvalue weighted by molar-refractivity contribution is 14.1. The molecular formula is C23H19FI2N2O4. The zero-order chi connectivity index (χ0) is 23.1. The van der Waals surface area contributed by atoms with E-state index in [1.54, 1.807) is 36.4 Å². The highest BCUT2D eigenvalue weighted by Gasteiger charge is 2.12. The molecule has 0 unspecified atom stereocenters. The van der Waals surface area contributed by atoms with Gasteiger partial charge in [-0.05, 0) is 75.5 Å². The minimum Gasteiger partial charge on any atom is -0.497 e. The summed E-state index contributed by atoms with van der Waals surface area (Å²) in [5, 5.41) is 4.08. The van der Waals surface area contributed by atoms with Crippen molar-refractivity contribution < 1.29 is 23.4 Å². The molecule has 0 saturated carbocycles. The molecule has 0 fully saturated rings. The van der Waals surface area contributed by atoms with E-state index in [0.29, 0.717) is 33.9 Å². The third kappa shape index (κ3) is 6.31. The van der Waals surface area contributed by atoms with E-state index in [-0.39, 0.29) is 12.4 Å². The van der Waals surface area contributed by atoms with Gasteiger partial charge >= 0.3 is 0 Å². The molecule has 0 bridgehead atoms. The number of nitrogens with zero attached hydrogens (tertiary/aromatic N) is 1. The predicted octanol–water partition coefficient (Wildman–Crippen LogP) is 5.40. The van der Waals surface area contributed by atoms with Crippen LogP contribution in [0.5, 0.6) is 17.2 Å². The third-order valence-electron chi connectivity index (χ3n) is 4.35. The number of hydrazone groups is 1. The normalized spacial score (nSPS) is 10.8. The summed E-state index contributed by atoms with van der Waals surface area (Å²) in [5.41, 5.74) is 3.94. The highest BCUT2D eigenvalue weighted by Crippen LogP contribution is 2.28. The lowest BCUT2D eigenvalue weighted by Crippen LogP contribution is -2.18. The SMILES string of the molecule is COc1cc(OC)cc(C(=O)N/N=C\c2cc(I)cc(I)c2OCc2ccccc2F)c1. The van der Waals surface area contributed by atoms with Crippen LogP contribution < -0.4 is 19.6 Å². The van der Waals surface area contributed by atoms with E-state index in [4.69, 9.17) is 14.2 Å². The fourth-order valence-electron chi connectivity index (χ4n) is 2.76. The van der Waals surface area contributed by atoms with Crippen LogP contribution in [0.25, 0.3) is 0 Å². The fourth-order valence-corrected chi connectivity index (χ4v) is 4.80. The standard InChI is InChI=1S/C23H19FI2N2O4/c1-30-18-8-15(9-19(11-18)31-2)23(29)28-27-12-16-7-17(25)10-21(26)22(16)32-13-14-5-3-4-6-20(14)24/h3-12H,13H2,1-2H3,(H,28,29)/b27-12-. The summed E-state index contributed by atoms with van der Waals surface area (Å²) in [7, 11) is 3.02. The largest absolute Gasteiger partial charge is 0.497 e. The number of benzene rings is 3. The summed E-state index contributed by atoms with van der Waals surface area (Å²) < 4.78 is 32.0. The van der Waals surface area contributed by atoms with Crippen molar-refractivity contribution in [2.24, 2.45) is 5.10 Å². The second-order valence-electron chi connectivity index (χ2n) is 6.49. The van der Waals surface area contributed by atoms with Crippen LogP contribution in [0.1, 0.15) is 21.5 Å². The third-order valence-corrected chi connectivity index (χ3v) is 5.77. The molecule has 0 aliphatic rings. The van der Waals surface area contributed by atoms with Gasteiger partial charge in [-0.2, -0.15) is 5.10 Å². The van der Waals surface area contributed by atoms with E-state index in [2.05, 4.69) is 55.7 Å². The molecule has 0 radical (unpaired) electrons. The van der Waals surface area contributed by atoms with Gasteiger partial charge in [-0.15, -0.1) is 0 Å². The number of rotatable bonds is 8. The number of hydrogen-bond acceptors (Lipinski definition) is 5. The number of hydrogen-bond donors (Lipinski definition) is 1. The number of amides is 1. The number of carbonyl (C=O) groups is 1. The first-order valence-electron chi connectivity index (χ1n) is 9.33.